The molecule has 0 radical (unpaired) electrons. The van der Waals surface area contributed by atoms with Crippen LogP contribution in [-0.4, -0.2) is 36.6 Å². The Labute approximate surface area is 80.7 Å². The fraction of sp³-hybridized carbons (Fsp3) is 1.00. The molecule has 0 aromatic heterocycles. The number of rotatable bonds is 1. The third-order valence-corrected chi connectivity index (χ3v) is 4.55. The minimum atomic E-state index is 0.538. The molecule has 2 heterocycles. The number of nitrogens with one attached hydrogen (secondary N) is 1. The van der Waals surface area contributed by atoms with E-state index in [1.807, 2.05) is 0 Å². The highest BCUT2D eigenvalue weighted by Crippen LogP contribution is 2.45. The van der Waals surface area contributed by atoms with Crippen molar-refractivity contribution in [2.75, 3.05) is 20.1 Å². The maximum atomic E-state index is 3.80. The fourth-order valence-electron chi connectivity index (χ4n) is 3.89. The first-order valence-corrected chi connectivity index (χ1v) is 5.75. The van der Waals surface area contributed by atoms with Crippen molar-refractivity contribution >= 4 is 0 Å². The van der Waals surface area contributed by atoms with Crippen molar-refractivity contribution in [2.45, 2.75) is 43.7 Å². The lowest BCUT2D eigenvalue weighted by Gasteiger charge is -2.38. The fourth-order valence-corrected chi connectivity index (χ4v) is 3.89. The van der Waals surface area contributed by atoms with Crippen molar-refractivity contribution in [1.29, 1.82) is 0 Å². The lowest BCUT2D eigenvalue weighted by Crippen LogP contribution is -2.54. The summed E-state index contributed by atoms with van der Waals surface area (Å²) >= 11 is 0. The topological polar surface area (TPSA) is 15.3 Å². The number of nitrogens with zero attached hydrogens (tertiary/aromatic N) is 1. The maximum Gasteiger partial charge on any atom is 0.0340 e. The molecule has 3 rings (SSSR count). The Morgan fingerprint density at radius 3 is 2.77 bits per heavy atom. The molecule has 1 N–H and O–H groups in total. The van der Waals surface area contributed by atoms with Crippen LogP contribution < -0.4 is 5.32 Å². The first-order valence-electron chi connectivity index (χ1n) is 5.75. The summed E-state index contributed by atoms with van der Waals surface area (Å²) in [6.45, 7) is 2.61. The highest BCUT2D eigenvalue weighted by atomic mass is 15.2. The van der Waals surface area contributed by atoms with Crippen LogP contribution in [0.4, 0.5) is 0 Å². The lowest BCUT2D eigenvalue weighted by molar-refractivity contribution is 0.172. The highest BCUT2D eigenvalue weighted by molar-refractivity contribution is 5.10. The standard InChI is InChI=1S/C11H20N2/c1-13-6-2-3-10(13)11-5-4-9(7-11)8-12-11/h9-10,12H,2-8H2,1H3. The zero-order chi connectivity index (χ0) is 8.89. The first kappa shape index (κ1) is 8.25. The van der Waals surface area contributed by atoms with Crippen molar-refractivity contribution < 1.29 is 0 Å². The first-order chi connectivity index (χ1) is 6.30. The normalized spacial score (nSPS) is 50.5. The van der Waals surface area contributed by atoms with Crippen LogP contribution in [-0.2, 0) is 0 Å². The smallest absolute Gasteiger partial charge is 0.0340 e. The van der Waals surface area contributed by atoms with Gasteiger partial charge in [-0.2, -0.15) is 0 Å². The molecular weight excluding hydrogens is 160 g/mol. The summed E-state index contributed by atoms with van der Waals surface area (Å²) in [6, 6.07) is 0.847. The van der Waals surface area contributed by atoms with Crippen molar-refractivity contribution in [2.24, 2.45) is 5.92 Å². The Hall–Kier alpha value is -0.0800. The van der Waals surface area contributed by atoms with Crippen LogP contribution >= 0.6 is 0 Å². The molecule has 3 unspecified atom stereocenters. The second-order valence-electron chi connectivity index (χ2n) is 5.28. The van der Waals surface area contributed by atoms with E-state index in [4.69, 9.17) is 0 Å². The van der Waals surface area contributed by atoms with E-state index in [1.54, 1.807) is 0 Å². The van der Waals surface area contributed by atoms with Crippen LogP contribution in [0.1, 0.15) is 32.1 Å². The van der Waals surface area contributed by atoms with Gasteiger partial charge in [0.1, 0.15) is 0 Å². The molecule has 74 valence electrons. The average molecular weight is 180 g/mol. The second-order valence-corrected chi connectivity index (χ2v) is 5.28. The van der Waals surface area contributed by atoms with E-state index < -0.39 is 0 Å². The molecule has 3 atom stereocenters. The molecule has 0 aromatic rings. The van der Waals surface area contributed by atoms with E-state index in [2.05, 4.69) is 17.3 Å². The molecule has 0 aromatic carbocycles. The lowest BCUT2D eigenvalue weighted by atomic mass is 9.88. The van der Waals surface area contributed by atoms with E-state index in [9.17, 15) is 0 Å². The monoisotopic (exact) mass is 180 g/mol. The van der Waals surface area contributed by atoms with Gasteiger partial charge in [0.2, 0.25) is 0 Å². The molecule has 0 spiro atoms. The van der Waals surface area contributed by atoms with Crippen LogP contribution in [0.5, 0.6) is 0 Å². The second kappa shape index (κ2) is 2.71. The number of likely N-dealkylation sites (N-methyl/N-ethyl adjacent to an activating group) is 1. The number of hydrogen-bond donors (Lipinski definition) is 1. The highest BCUT2D eigenvalue weighted by Gasteiger charge is 2.51. The average Bonchev–Trinajstić information content (AvgIpc) is 2.77. The van der Waals surface area contributed by atoms with Gasteiger partial charge in [-0.3, -0.25) is 0 Å². The van der Waals surface area contributed by atoms with Crippen LogP contribution in [0.2, 0.25) is 0 Å². The van der Waals surface area contributed by atoms with Crippen LogP contribution in [0.15, 0.2) is 0 Å². The van der Waals surface area contributed by atoms with Crippen LogP contribution in [0, 0.1) is 5.92 Å². The summed E-state index contributed by atoms with van der Waals surface area (Å²) in [4.78, 5) is 2.58. The Morgan fingerprint density at radius 2 is 2.31 bits per heavy atom. The molecule has 2 nitrogen and oxygen atoms in total. The summed E-state index contributed by atoms with van der Waals surface area (Å²) < 4.78 is 0. The van der Waals surface area contributed by atoms with E-state index in [0.717, 1.165) is 12.0 Å². The van der Waals surface area contributed by atoms with Gasteiger partial charge in [0.05, 0.1) is 0 Å². The third-order valence-electron chi connectivity index (χ3n) is 4.55. The molecule has 2 heteroatoms. The Kier molecular flexibility index (Phi) is 1.72. The van der Waals surface area contributed by atoms with Crippen molar-refractivity contribution in [3.8, 4) is 0 Å². The number of fused-ring (bicyclic) bond motifs is 2. The Bertz CT molecular complexity index is 206. The van der Waals surface area contributed by atoms with E-state index in [1.165, 1.54) is 45.2 Å². The van der Waals surface area contributed by atoms with E-state index >= 15 is 0 Å². The minimum Gasteiger partial charge on any atom is -0.309 e. The molecule has 0 amide bonds. The zero-order valence-corrected chi connectivity index (χ0v) is 8.55. The molecule has 2 saturated heterocycles. The van der Waals surface area contributed by atoms with Gasteiger partial charge in [0.25, 0.3) is 0 Å². The Morgan fingerprint density at radius 1 is 1.38 bits per heavy atom. The molecule has 1 saturated carbocycles. The van der Waals surface area contributed by atoms with Gasteiger partial charge in [-0.05, 0) is 58.2 Å². The molecule has 2 bridgehead atoms. The largest absolute Gasteiger partial charge is 0.309 e. The van der Waals surface area contributed by atoms with Gasteiger partial charge >= 0.3 is 0 Å². The van der Waals surface area contributed by atoms with E-state index in [-0.39, 0.29) is 0 Å². The zero-order valence-electron chi connectivity index (χ0n) is 8.55. The van der Waals surface area contributed by atoms with Crippen LogP contribution in [0.25, 0.3) is 0 Å². The summed E-state index contributed by atoms with van der Waals surface area (Å²) in [5.74, 6) is 1.01. The van der Waals surface area contributed by atoms with E-state index in [0.29, 0.717) is 5.54 Å². The van der Waals surface area contributed by atoms with Gasteiger partial charge in [-0.1, -0.05) is 0 Å². The molecule has 3 fully saturated rings. The molecule has 13 heavy (non-hydrogen) atoms. The summed E-state index contributed by atoms with van der Waals surface area (Å²) in [5, 5.41) is 3.80. The summed E-state index contributed by atoms with van der Waals surface area (Å²) in [7, 11) is 2.31. The van der Waals surface area contributed by atoms with Gasteiger partial charge in [-0.25, -0.2) is 0 Å². The molecule has 1 aliphatic carbocycles. The predicted molar refractivity (Wildman–Crippen MR) is 53.7 cm³/mol. The predicted octanol–water partition coefficient (Wildman–Crippen LogP) is 1.22. The molecule has 3 aliphatic rings. The quantitative estimate of drug-likeness (QED) is 0.653. The summed E-state index contributed by atoms with van der Waals surface area (Å²) in [5.41, 5.74) is 0.538. The summed E-state index contributed by atoms with van der Waals surface area (Å²) in [6.07, 6.45) is 7.22. The number of piperidine rings is 1. The number of hydrogen-bond acceptors (Lipinski definition) is 2. The van der Waals surface area contributed by atoms with Crippen molar-refractivity contribution in [3.63, 3.8) is 0 Å². The van der Waals surface area contributed by atoms with Crippen molar-refractivity contribution in [3.05, 3.63) is 0 Å². The van der Waals surface area contributed by atoms with Gasteiger partial charge in [0.15, 0.2) is 0 Å². The SMILES string of the molecule is CN1CCCC1C12CCC(CN1)C2. The van der Waals surface area contributed by atoms with Crippen LogP contribution in [0.3, 0.4) is 0 Å². The minimum absolute atomic E-state index is 0.538. The van der Waals surface area contributed by atoms with Gasteiger partial charge < -0.3 is 10.2 Å². The molecular formula is C11H20N2. The maximum absolute atomic E-state index is 3.80. The molecule has 2 aliphatic heterocycles. The Balaban J connectivity index is 1.83. The van der Waals surface area contributed by atoms with Gasteiger partial charge in [-0.15, -0.1) is 0 Å². The van der Waals surface area contributed by atoms with Crippen molar-refractivity contribution in [1.82, 2.24) is 10.2 Å². The third kappa shape index (κ3) is 1.08. The number of likely N-dealkylation sites (tertiary alicyclic amines) is 1. The van der Waals surface area contributed by atoms with Gasteiger partial charge in [0, 0.05) is 11.6 Å².